The van der Waals surface area contributed by atoms with E-state index in [9.17, 15) is 0 Å². The van der Waals surface area contributed by atoms with Gasteiger partial charge in [0.05, 0.1) is 6.61 Å². The molecule has 0 bridgehead atoms. The number of aliphatic hydroxyl groups is 1. The molecule has 2 heterocycles. The minimum absolute atomic E-state index is 0.0691. The Morgan fingerprint density at radius 3 is 2.38 bits per heavy atom. The Morgan fingerprint density at radius 1 is 1.19 bits per heavy atom. The quantitative estimate of drug-likeness (QED) is 0.861. The molecule has 2 N–H and O–H groups in total. The van der Waals surface area contributed by atoms with Crippen molar-refractivity contribution in [3.63, 3.8) is 0 Å². The fourth-order valence-electron chi connectivity index (χ4n) is 2.40. The fourth-order valence-corrected chi connectivity index (χ4v) is 2.40. The van der Waals surface area contributed by atoms with Gasteiger partial charge in [0, 0.05) is 51.3 Å². The summed E-state index contributed by atoms with van der Waals surface area (Å²) in [7, 11) is 1.89. The third-order valence-electron chi connectivity index (χ3n) is 3.75. The molecular formula is C15H27N5O. The first-order valence-electron chi connectivity index (χ1n) is 7.59. The van der Waals surface area contributed by atoms with E-state index in [1.807, 2.05) is 13.1 Å². The van der Waals surface area contributed by atoms with Crippen LogP contribution in [0.2, 0.25) is 0 Å². The summed E-state index contributed by atoms with van der Waals surface area (Å²) in [6.45, 7) is 11.2. The number of rotatable bonds is 4. The molecule has 1 fully saturated rings. The van der Waals surface area contributed by atoms with Crippen LogP contribution in [0, 0.1) is 0 Å². The Labute approximate surface area is 127 Å². The van der Waals surface area contributed by atoms with Gasteiger partial charge in [0.15, 0.2) is 0 Å². The van der Waals surface area contributed by atoms with Gasteiger partial charge in [0.1, 0.15) is 17.5 Å². The van der Waals surface area contributed by atoms with Crippen LogP contribution in [-0.2, 0) is 5.41 Å². The van der Waals surface area contributed by atoms with E-state index >= 15 is 0 Å². The first-order valence-corrected chi connectivity index (χ1v) is 7.59. The average Bonchev–Trinajstić information content (AvgIpc) is 2.47. The summed E-state index contributed by atoms with van der Waals surface area (Å²) in [6, 6.07) is 2.01. The Kier molecular flexibility index (Phi) is 5.00. The maximum absolute atomic E-state index is 9.01. The topological polar surface area (TPSA) is 64.5 Å². The molecule has 6 nitrogen and oxygen atoms in total. The van der Waals surface area contributed by atoms with Gasteiger partial charge < -0.3 is 15.3 Å². The first kappa shape index (κ1) is 16.0. The lowest BCUT2D eigenvalue weighted by atomic mass is 9.96. The van der Waals surface area contributed by atoms with Crippen molar-refractivity contribution in [1.82, 2.24) is 14.9 Å². The molecule has 1 saturated heterocycles. The van der Waals surface area contributed by atoms with E-state index in [4.69, 9.17) is 10.1 Å². The van der Waals surface area contributed by atoms with Crippen LogP contribution < -0.4 is 10.2 Å². The summed E-state index contributed by atoms with van der Waals surface area (Å²) < 4.78 is 0. The maximum Gasteiger partial charge on any atom is 0.138 e. The van der Waals surface area contributed by atoms with E-state index in [2.05, 4.69) is 40.9 Å². The normalized spacial score (nSPS) is 17.1. The van der Waals surface area contributed by atoms with E-state index in [-0.39, 0.29) is 12.0 Å². The minimum Gasteiger partial charge on any atom is -0.395 e. The molecule has 0 amide bonds. The number of β-amino-alcohol motifs (C(OH)–C–C–N with tert-alkyl or cyclic N) is 1. The van der Waals surface area contributed by atoms with Crippen LogP contribution in [0.3, 0.4) is 0 Å². The van der Waals surface area contributed by atoms with Gasteiger partial charge in [-0.3, -0.25) is 4.90 Å². The van der Waals surface area contributed by atoms with Crippen molar-refractivity contribution in [2.75, 3.05) is 56.6 Å². The van der Waals surface area contributed by atoms with E-state index < -0.39 is 0 Å². The van der Waals surface area contributed by atoms with Gasteiger partial charge in [-0.1, -0.05) is 20.8 Å². The molecule has 0 atom stereocenters. The van der Waals surface area contributed by atoms with Gasteiger partial charge in [0.25, 0.3) is 0 Å². The number of hydrogen-bond donors (Lipinski definition) is 2. The first-order chi connectivity index (χ1) is 9.94. The van der Waals surface area contributed by atoms with Gasteiger partial charge in [-0.2, -0.15) is 0 Å². The van der Waals surface area contributed by atoms with Crippen LogP contribution in [0.4, 0.5) is 11.6 Å². The maximum atomic E-state index is 9.01. The second-order valence-electron chi connectivity index (χ2n) is 6.49. The minimum atomic E-state index is -0.0691. The predicted octanol–water partition coefficient (Wildman–Crippen LogP) is 0.930. The summed E-state index contributed by atoms with van der Waals surface area (Å²) in [5, 5.41) is 12.1. The van der Waals surface area contributed by atoms with Gasteiger partial charge >= 0.3 is 0 Å². The summed E-state index contributed by atoms with van der Waals surface area (Å²) in [4.78, 5) is 13.9. The van der Waals surface area contributed by atoms with E-state index in [0.717, 1.165) is 50.2 Å². The van der Waals surface area contributed by atoms with Crippen molar-refractivity contribution in [3.05, 3.63) is 11.9 Å². The van der Waals surface area contributed by atoms with Crippen molar-refractivity contribution in [3.8, 4) is 0 Å². The number of anilines is 2. The molecule has 0 unspecified atom stereocenters. The zero-order valence-electron chi connectivity index (χ0n) is 13.6. The van der Waals surface area contributed by atoms with Gasteiger partial charge in [0.2, 0.25) is 0 Å². The Hall–Kier alpha value is -1.40. The standard InChI is InChI=1S/C15H27N5O/c1-15(2,3)14-17-12(16-4)11-13(18-14)20-7-5-19(6-8-20)9-10-21/h11,21H,5-10H2,1-4H3,(H,16,17,18). The zero-order chi connectivity index (χ0) is 15.5. The van der Waals surface area contributed by atoms with Crippen LogP contribution in [-0.4, -0.2) is 66.4 Å². The molecule has 0 saturated carbocycles. The molecule has 0 radical (unpaired) electrons. The number of aliphatic hydroxyl groups excluding tert-OH is 1. The summed E-state index contributed by atoms with van der Waals surface area (Å²) >= 11 is 0. The van der Waals surface area contributed by atoms with Crippen LogP contribution in [0.15, 0.2) is 6.07 Å². The van der Waals surface area contributed by atoms with Crippen LogP contribution in [0.5, 0.6) is 0 Å². The highest BCUT2D eigenvalue weighted by Gasteiger charge is 2.22. The SMILES string of the molecule is CNc1cc(N2CCN(CCO)CC2)nc(C(C)(C)C)n1. The van der Waals surface area contributed by atoms with Crippen molar-refractivity contribution in [2.24, 2.45) is 0 Å². The largest absolute Gasteiger partial charge is 0.395 e. The highest BCUT2D eigenvalue weighted by molar-refractivity contribution is 5.50. The number of aromatic nitrogens is 2. The number of nitrogens with zero attached hydrogens (tertiary/aromatic N) is 4. The number of hydrogen-bond acceptors (Lipinski definition) is 6. The van der Waals surface area contributed by atoms with Crippen molar-refractivity contribution < 1.29 is 5.11 Å². The number of nitrogens with one attached hydrogen (secondary N) is 1. The highest BCUT2D eigenvalue weighted by Crippen LogP contribution is 2.24. The summed E-state index contributed by atoms with van der Waals surface area (Å²) in [5.74, 6) is 2.72. The van der Waals surface area contributed by atoms with Crippen LogP contribution in [0.1, 0.15) is 26.6 Å². The van der Waals surface area contributed by atoms with E-state index in [1.54, 1.807) is 0 Å². The van der Waals surface area contributed by atoms with E-state index in [1.165, 1.54) is 0 Å². The molecule has 21 heavy (non-hydrogen) atoms. The molecule has 2 rings (SSSR count). The molecule has 118 valence electrons. The Morgan fingerprint density at radius 2 is 1.86 bits per heavy atom. The van der Waals surface area contributed by atoms with Crippen molar-refractivity contribution in [2.45, 2.75) is 26.2 Å². The molecule has 1 aromatic heterocycles. The molecule has 0 spiro atoms. The zero-order valence-corrected chi connectivity index (χ0v) is 13.6. The molecule has 1 aromatic rings. The van der Waals surface area contributed by atoms with E-state index in [0.29, 0.717) is 0 Å². The third kappa shape index (κ3) is 4.04. The highest BCUT2D eigenvalue weighted by atomic mass is 16.3. The predicted molar refractivity (Wildman–Crippen MR) is 86.0 cm³/mol. The molecule has 6 heteroatoms. The number of piperazine rings is 1. The lowest BCUT2D eigenvalue weighted by Crippen LogP contribution is -2.47. The fraction of sp³-hybridized carbons (Fsp3) is 0.733. The molecular weight excluding hydrogens is 266 g/mol. The molecule has 0 aliphatic carbocycles. The Bertz CT molecular complexity index is 464. The monoisotopic (exact) mass is 293 g/mol. The molecule has 1 aliphatic rings. The third-order valence-corrected chi connectivity index (χ3v) is 3.75. The van der Waals surface area contributed by atoms with Crippen LogP contribution in [0.25, 0.3) is 0 Å². The average molecular weight is 293 g/mol. The second-order valence-corrected chi connectivity index (χ2v) is 6.49. The second kappa shape index (κ2) is 6.58. The molecule has 0 aromatic carbocycles. The smallest absolute Gasteiger partial charge is 0.138 e. The lowest BCUT2D eigenvalue weighted by Gasteiger charge is -2.35. The van der Waals surface area contributed by atoms with Crippen molar-refractivity contribution in [1.29, 1.82) is 0 Å². The van der Waals surface area contributed by atoms with Crippen LogP contribution >= 0.6 is 0 Å². The molecule has 1 aliphatic heterocycles. The van der Waals surface area contributed by atoms with Gasteiger partial charge in [-0.15, -0.1) is 0 Å². The summed E-state index contributed by atoms with van der Waals surface area (Å²) in [6.07, 6.45) is 0. The van der Waals surface area contributed by atoms with Gasteiger partial charge in [-0.05, 0) is 0 Å². The van der Waals surface area contributed by atoms with Gasteiger partial charge in [-0.25, -0.2) is 9.97 Å². The van der Waals surface area contributed by atoms with Crippen molar-refractivity contribution >= 4 is 11.6 Å². The summed E-state index contributed by atoms with van der Waals surface area (Å²) in [5.41, 5.74) is -0.0691. The Balaban J connectivity index is 2.16. The lowest BCUT2D eigenvalue weighted by molar-refractivity contribution is 0.188.